The number of unbranched alkanes of at least 4 members (excludes halogenated alkanes) is 2. The van der Waals surface area contributed by atoms with Gasteiger partial charge in [-0.25, -0.2) is 5.43 Å². The van der Waals surface area contributed by atoms with Gasteiger partial charge in [0.25, 0.3) is 0 Å². The summed E-state index contributed by atoms with van der Waals surface area (Å²) in [7, 11) is 2.91. The van der Waals surface area contributed by atoms with E-state index in [0.29, 0.717) is 39.0 Å². The van der Waals surface area contributed by atoms with Gasteiger partial charge >= 0.3 is 12.4 Å². The van der Waals surface area contributed by atoms with Crippen molar-refractivity contribution in [3.63, 3.8) is 0 Å². The van der Waals surface area contributed by atoms with Crippen LogP contribution in [0.3, 0.4) is 0 Å². The summed E-state index contributed by atoms with van der Waals surface area (Å²) in [5, 5.41) is 12.1. The molecular formula is C33H46ClF6N3O4. The van der Waals surface area contributed by atoms with E-state index in [9.17, 15) is 31.4 Å². The Labute approximate surface area is 278 Å². The van der Waals surface area contributed by atoms with Crippen molar-refractivity contribution >= 4 is 17.3 Å². The highest BCUT2D eigenvalue weighted by Gasteiger charge is 2.34. The Morgan fingerprint density at radius 1 is 0.936 bits per heavy atom. The van der Waals surface area contributed by atoms with Crippen molar-refractivity contribution in [3.05, 3.63) is 52.6 Å². The number of hydrogen-bond acceptors (Lipinski definition) is 7. The predicted octanol–water partition coefficient (Wildman–Crippen LogP) is 8.58. The first-order chi connectivity index (χ1) is 21.7. The molecule has 0 bridgehead atoms. The van der Waals surface area contributed by atoms with E-state index in [2.05, 4.69) is 5.43 Å². The molecule has 0 spiro atoms. The van der Waals surface area contributed by atoms with Gasteiger partial charge in [0, 0.05) is 32.8 Å². The second kappa shape index (κ2) is 17.1. The molecule has 0 heterocycles. The molecule has 2 aromatic rings. The first-order valence-corrected chi connectivity index (χ1v) is 15.6. The van der Waals surface area contributed by atoms with Crippen LogP contribution in [-0.2, 0) is 15.7 Å². The monoisotopic (exact) mass is 697 g/mol. The van der Waals surface area contributed by atoms with Crippen LogP contribution in [0.4, 0.5) is 26.3 Å². The van der Waals surface area contributed by atoms with E-state index in [4.69, 9.17) is 31.5 Å². The molecule has 7 nitrogen and oxygen atoms in total. The molecule has 2 aromatic carbocycles. The van der Waals surface area contributed by atoms with E-state index < -0.39 is 46.3 Å². The summed E-state index contributed by atoms with van der Waals surface area (Å²) in [6, 6.07) is 5.87. The molecule has 0 saturated heterocycles. The molecule has 0 radical (unpaired) electrons. The van der Waals surface area contributed by atoms with E-state index in [1.165, 1.54) is 37.3 Å². The number of nitrogens with zero attached hydrogens (tertiary/aromatic N) is 1. The number of benzene rings is 2. The minimum Gasteiger partial charge on any atom is -0.506 e. The zero-order valence-corrected chi connectivity index (χ0v) is 28.4. The maximum atomic E-state index is 13.7. The van der Waals surface area contributed by atoms with Crippen molar-refractivity contribution in [1.82, 2.24) is 10.4 Å². The number of phenols is 1. The van der Waals surface area contributed by atoms with Gasteiger partial charge < -0.3 is 30.1 Å². The zero-order chi connectivity index (χ0) is 35.6. The lowest BCUT2D eigenvalue weighted by molar-refractivity contribution is -0.137. The lowest BCUT2D eigenvalue weighted by Gasteiger charge is -2.29. The van der Waals surface area contributed by atoms with Gasteiger partial charge in [0.15, 0.2) is 0 Å². The largest absolute Gasteiger partial charge is 0.506 e. The lowest BCUT2D eigenvalue weighted by atomic mass is 9.96. The Hall–Kier alpha value is -2.71. The third-order valence-electron chi connectivity index (χ3n) is 7.43. The van der Waals surface area contributed by atoms with E-state index in [1.807, 2.05) is 27.7 Å². The Kier molecular flexibility index (Phi) is 14.7. The molecule has 0 aliphatic rings. The molecular weight excluding hydrogens is 652 g/mol. The Morgan fingerprint density at radius 3 is 2.17 bits per heavy atom. The van der Waals surface area contributed by atoms with Crippen LogP contribution in [0.15, 0.2) is 36.4 Å². The number of hydrazine groups is 1. The van der Waals surface area contributed by atoms with Crippen LogP contribution >= 0.6 is 11.6 Å². The fourth-order valence-electron chi connectivity index (χ4n) is 4.45. The average Bonchev–Trinajstić information content (AvgIpc) is 2.96. The van der Waals surface area contributed by atoms with Crippen LogP contribution in [0.2, 0.25) is 5.02 Å². The number of ether oxygens (including phenoxy) is 3. The highest BCUT2D eigenvalue weighted by molar-refractivity contribution is 6.31. The second-order valence-electron chi connectivity index (χ2n) is 12.3. The first-order valence-electron chi connectivity index (χ1n) is 15.2. The summed E-state index contributed by atoms with van der Waals surface area (Å²) >= 11 is 5.83. The number of phenolic OH excluding ortho intramolecular Hbond substituents is 1. The number of nitrogens with one attached hydrogen (secondary N) is 1. The van der Waals surface area contributed by atoms with Gasteiger partial charge in [0.1, 0.15) is 11.5 Å². The summed E-state index contributed by atoms with van der Waals surface area (Å²) < 4.78 is 98.3. The number of rotatable bonds is 18. The highest BCUT2D eigenvalue weighted by Crippen LogP contribution is 2.46. The molecule has 266 valence electrons. The number of allylic oxidation sites excluding steroid dienone is 1. The molecule has 0 amide bonds. The van der Waals surface area contributed by atoms with Crippen molar-refractivity contribution in [3.8, 4) is 22.6 Å². The normalized spacial score (nSPS) is 13.3. The molecule has 14 heteroatoms. The summed E-state index contributed by atoms with van der Waals surface area (Å²) in [4.78, 5) is 0. The Balaban J connectivity index is 2.25. The first kappa shape index (κ1) is 40.5. The minimum atomic E-state index is -4.80. The Bertz CT molecular complexity index is 1330. The topological polar surface area (TPSA) is 89.2 Å². The van der Waals surface area contributed by atoms with Crippen LogP contribution in [0, 0.1) is 0 Å². The predicted molar refractivity (Wildman–Crippen MR) is 172 cm³/mol. The van der Waals surface area contributed by atoms with E-state index >= 15 is 0 Å². The van der Waals surface area contributed by atoms with Crippen LogP contribution in [0.1, 0.15) is 70.9 Å². The van der Waals surface area contributed by atoms with Crippen LogP contribution < -0.4 is 15.9 Å². The summed E-state index contributed by atoms with van der Waals surface area (Å²) in [5.41, 5.74) is 6.16. The third kappa shape index (κ3) is 13.0. The van der Waals surface area contributed by atoms with Gasteiger partial charge in [-0.1, -0.05) is 17.7 Å². The van der Waals surface area contributed by atoms with Gasteiger partial charge in [-0.2, -0.15) is 26.3 Å². The van der Waals surface area contributed by atoms with Gasteiger partial charge in [0.05, 0.1) is 52.7 Å². The average molecular weight is 698 g/mol. The molecule has 0 aromatic heterocycles. The minimum absolute atomic E-state index is 0.0438. The third-order valence-corrected chi connectivity index (χ3v) is 7.76. The molecule has 0 aliphatic heterocycles. The van der Waals surface area contributed by atoms with Crippen LogP contribution in [0.25, 0.3) is 16.8 Å². The SMILES string of the molecule is CNN(C)/C(=C\CC(F)(F)F)c1ccc(OCCCCCOC(C)(C)CCOC(C)(C)CN)c(-c2ccc(Cl)c(C(F)(F)F)c2)c1O. The molecule has 0 unspecified atom stereocenters. The Morgan fingerprint density at radius 2 is 1.57 bits per heavy atom. The van der Waals surface area contributed by atoms with Crippen molar-refractivity contribution in [1.29, 1.82) is 0 Å². The van der Waals surface area contributed by atoms with Gasteiger partial charge in [-0.15, -0.1) is 0 Å². The fraction of sp³-hybridized carbons (Fsp3) is 0.576. The van der Waals surface area contributed by atoms with Crippen molar-refractivity contribution in [2.24, 2.45) is 5.73 Å². The number of aromatic hydroxyl groups is 1. The van der Waals surface area contributed by atoms with Crippen molar-refractivity contribution in [2.45, 2.75) is 83.4 Å². The quantitative estimate of drug-likeness (QED) is 0.0817. The number of nitrogens with two attached hydrogens (primary N) is 1. The lowest BCUT2D eigenvalue weighted by Crippen LogP contribution is -2.36. The number of alkyl halides is 6. The molecule has 4 N–H and O–H groups in total. The highest BCUT2D eigenvalue weighted by atomic mass is 35.5. The molecule has 0 fully saturated rings. The standard InChI is InChI=1S/C33H46ClF6N3O4/c1-30(2,16-19-47-31(3,4)21-41)46-18-9-7-8-17-45-27-13-11-23(26(43(6)42-5)14-15-32(35,36)37)29(44)28(27)22-10-12-25(34)24(20-22)33(38,39)40/h10-14,20,42,44H,7-9,15-19,21,41H2,1-6H3/b26-14-. The molecule has 2 rings (SSSR count). The van der Waals surface area contributed by atoms with Crippen molar-refractivity contribution in [2.75, 3.05) is 40.5 Å². The maximum absolute atomic E-state index is 13.7. The van der Waals surface area contributed by atoms with Crippen molar-refractivity contribution < 1.29 is 45.7 Å². The molecule has 47 heavy (non-hydrogen) atoms. The van der Waals surface area contributed by atoms with Gasteiger partial charge in [-0.3, -0.25) is 0 Å². The van der Waals surface area contributed by atoms with E-state index in [-0.39, 0.29) is 34.7 Å². The number of halogens is 7. The zero-order valence-electron chi connectivity index (χ0n) is 27.7. The van der Waals surface area contributed by atoms with Crippen LogP contribution in [-0.4, -0.2) is 68.0 Å². The fourth-order valence-corrected chi connectivity index (χ4v) is 4.68. The summed E-state index contributed by atoms with van der Waals surface area (Å²) in [6.07, 6.45) is -7.09. The second-order valence-corrected chi connectivity index (χ2v) is 12.7. The maximum Gasteiger partial charge on any atom is 0.417 e. The smallest absolute Gasteiger partial charge is 0.417 e. The number of hydrogen-bond donors (Lipinski definition) is 3. The molecule has 0 atom stereocenters. The molecule has 0 aliphatic carbocycles. The van der Waals surface area contributed by atoms with Gasteiger partial charge in [-0.05, 0) is 89.3 Å². The van der Waals surface area contributed by atoms with E-state index in [0.717, 1.165) is 24.6 Å². The van der Waals surface area contributed by atoms with Crippen LogP contribution in [0.5, 0.6) is 11.5 Å². The van der Waals surface area contributed by atoms with Gasteiger partial charge in [0.2, 0.25) is 0 Å². The summed E-state index contributed by atoms with van der Waals surface area (Å²) in [6.45, 7) is 9.36. The molecule has 0 saturated carbocycles. The summed E-state index contributed by atoms with van der Waals surface area (Å²) in [5.74, 6) is -0.496. The van der Waals surface area contributed by atoms with E-state index in [1.54, 1.807) is 0 Å².